The van der Waals surface area contributed by atoms with Crippen molar-refractivity contribution in [3.63, 3.8) is 0 Å². The van der Waals surface area contributed by atoms with Gasteiger partial charge in [0, 0.05) is 31.7 Å². The first-order chi connectivity index (χ1) is 9.63. The molecule has 0 fully saturated rings. The molecule has 3 rings (SSSR count). The summed E-state index contributed by atoms with van der Waals surface area (Å²) < 4.78 is 1.68. The Balaban J connectivity index is 1.87. The van der Waals surface area contributed by atoms with Gasteiger partial charge in [0.1, 0.15) is 0 Å². The second-order valence-corrected chi connectivity index (χ2v) is 6.13. The fourth-order valence-electron chi connectivity index (χ4n) is 2.00. The summed E-state index contributed by atoms with van der Waals surface area (Å²) in [5.74, 6) is -0.140. The first-order valence-electron chi connectivity index (χ1n) is 5.97. The summed E-state index contributed by atoms with van der Waals surface area (Å²) in [5.41, 5.74) is 2.42. The van der Waals surface area contributed by atoms with E-state index in [0.29, 0.717) is 5.56 Å². The van der Waals surface area contributed by atoms with E-state index in [4.69, 9.17) is 0 Å². The first-order valence-corrected chi connectivity index (χ1v) is 7.55. The van der Waals surface area contributed by atoms with Crippen LogP contribution in [0.2, 0.25) is 0 Å². The molecule has 0 saturated heterocycles. The Morgan fingerprint density at radius 1 is 1.05 bits per heavy atom. The summed E-state index contributed by atoms with van der Waals surface area (Å²) in [6, 6.07) is 13.2. The van der Waals surface area contributed by atoms with Crippen LogP contribution in [0.25, 0.3) is 10.9 Å². The van der Waals surface area contributed by atoms with Gasteiger partial charge in [0.25, 0.3) is 5.91 Å². The van der Waals surface area contributed by atoms with Crippen LogP contribution in [0, 0.1) is 0 Å². The molecular weight excluding hydrogens is 384 g/mol. The molecule has 0 atom stereocenters. The zero-order valence-electron chi connectivity index (χ0n) is 10.3. The molecule has 1 amide bonds. The predicted molar refractivity (Wildman–Crippen MR) is 88.1 cm³/mol. The zero-order valence-corrected chi connectivity index (χ0v) is 13.5. The molecular formula is C15H10Br2N2O. The van der Waals surface area contributed by atoms with E-state index in [2.05, 4.69) is 42.2 Å². The van der Waals surface area contributed by atoms with E-state index >= 15 is 0 Å². The average Bonchev–Trinajstić information content (AvgIpc) is 2.85. The van der Waals surface area contributed by atoms with E-state index in [-0.39, 0.29) is 5.91 Å². The molecule has 3 nitrogen and oxygen atoms in total. The number of hydrogen-bond acceptors (Lipinski definition) is 1. The summed E-state index contributed by atoms with van der Waals surface area (Å²) >= 11 is 6.77. The van der Waals surface area contributed by atoms with E-state index in [1.54, 1.807) is 6.07 Å². The average molecular weight is 394 g/mol. The van der Waals surface area contributed by atoms with Gasteiger partial charge in [-0.1, -0.05) is 15.9 Å². The number of amides is 1. The highest BCUT2D eigenvalue weighted by atomic mass is 79.9. The molecule has 1 aromatic heterocycles. The van der Waals surface area contributed by atoms with Crippen LogP contribution in [-0.2, 0) is 0 Å². The van der Waals surface area contributed by atoms with E-state index < -0.39 is 0 Å². The topological polar surface area (TPSA) is 44.9 Å². The zero-order chi connectivity index (χ0) is 14.1. The monoisotopic (exact) mass is 392 g/mol. The number of aromatic amines is 1. The number of benzene rings is 2. The van der Waals surface area contributed by atoms with Gasteiger partial charge in [-0.2, -0.15) is 0 Å². The lowest BCUT2D eigenvalue weighted by Gasteiger charge is -2.07. The van der Waals surface area contributed by atoms with Crippen LogP contribution >= 0.6 is 31.9 Å². The van der Waals surface area contributed by atoms with Gasteiger partial charge in [-0.15, -0.1) is 0 Å². The van der Waals surface area contributed by atoms with Gasteiger partial charge in [-0.05, 0) is 58.4 Å². The fourth-order valence-corrected chi connectivity index (χ4v) is 3.23. The summed E-state index contributed by atoms with van der Waals surface area (Å²) in [7, 11) is 0. The van der Waals surface area contributed by atoms with E-state index in [1.807, 2.05) is 42.6 Å². The van der Waals surface area contributed by atoms with Gasteiger partial charge in [0.15, 0.2) is 0 Å². The van der Waals surface area contributed by atoms with Crippen molar-refractivity contribution in [2.75, 3.05) is 5.32 Å². The first kappa shape index (κ1) is 13.4. The summed E-state index contributed by atoms with van der Waals surface area (Å²) in [6.07, 6.45) is 1.88. The van der Waals surface area contributed by atoms with Crippen molar-refractivity contribution >= 4 is 54.4 Å². The Hall–Kier alpha value is -1.59. The Morgan fingerprint density at radius 3 is 2.70 bits per heavy atom. The molecule has 100 valence electrons. The van der Waals surface area contributed by atoms with Gasteiger partial charge < -0.3 is 10.3 Å². The molecule has 0 aliphatic heterocycles. The molecule has 2 aromatic carbocycles. The van der Waals surface area contributed by atoms with Gasteiger partial charge in [0.2, 0.25) is 0 Å². The molecule has 0 spiro atoms. The van der Waals surface area contributed by atoms with Crippen LogP contribution in [0.3, 0.4) is 0 Å². The second kappa shape index (κ2) is 5.42. The summed E-state index contributed by atoms with van der Waals surface area (Å²) in [5, 5.41) is 3.97. The highest BCUT2D eigenvalue weighted by molar-refractivity contribution is 9.11. The van der Waals surface area contributed by atoms with E-state index in [0.717, 1.165) is 25.5 Å². The maximum Gasteiger partial charge on any atom is 0.256 e. The minimum absolute atomic E-state index is 0.140. The van der Waals surface area contributed by atoms with Gasteiger partial charge in [-0.25, -0.2) is 0 Å². The van der Waals surface area contributed by atoms with Crippen LogP contribution < -0.4 is 5.32 Å². The van der Waals surface area contributed by atoms with Crippen molar-refractivity contribution in [2.45, 2.75) is 0 Å². The lowest BCUT2D eigenvalue weighted by molar-refractivity contribution is 0.102. The number of halogens is 2. The van der Waals surface area contributed by atoms with Crippen molar-refractivity contribution < 1.29 is 4.79 Å². The number of rotatable bonds is 2. The largest absolute Gasteiger partial charge is 0.361 e. The second-order valence-electron chi connectivity index (χ2n) is 4.36. The number of aromatic nitrogens is 1. The molecule has 0 aliphatic carbocycles. The molecule has 20 heavy (non-hydrogen) atoms. The minimum Gasteiger partial charge on any atom is -0.361 e. The number of hydrogen-bond donors (Lipinski definition) is 2. The third kappa shape index (κ3) is 2.64. The molecule has 1 heterocycles. The molecule has 0 aliphatic rings. The highest BCUT2D eigenvalue weighted by Gasteiger charge is 2.10. The third-order valence-electron chi connectivity index (χ3n) is 2.99. The molecule has 5 heteroatoms. The highest BCUT2D eigenvalue weighted by Crippen LogP contribution is 2.24. The fraction of sp³-hybridized carbons (Fsp3) is 0. The molecule has 0 bridgehead atoms. The normalized spacial score (nSPS) is 10.7. The number of H-pyrrole nitrogens is 1. The number of fused-ring (bicyclic) bond motifs is 1. The van der Waals surface area contributed by atoms with Crippen LogP contribution in [0.4, 0.5) is 5.69 Å². The molecule has 3 aromatic rings. The minimum atomic E-state index is -0.140. The van der Waals surface area contributed by atoms with Crippen molar-refractivity contribution in [3.8, 4) is 0 Å². The Morgan fingerprint density at radius 2 is 1.90 bits per heavy atom. The molecule has 0 unspecified atom stereocenters. The van der Waals surface area contributed by atoms with Crippen LogP contribution in [-0.4, -0.2) is 10.9 Å². The van der Waals surface area contributed by atoms with E-state index in [9.17, 15) is 4.79 Å². The number of anilines is 1. The van der Waals surface area contributed by atoms with Crippen molar-refractivity contribution in [2.24, 2.45) is 0 Å². The number of carbonyl (C=O) groups is 1. The molecule has 2 N–H and O–H groups in total. The maximum atomic E-state index is 12.3. The molecule has 0 radical (unpaired) electrons. The lowest BCUT2D eigenvalue weighted by Crippen LogP contribution is -2.12. The Labute approximate surface area is 132 Å². The molecule has 0 saturated carbocycles. The summed E-state index contributed by atoms with van der Waals surface area (Å²) in [4.78, 5) is 15.4. The number of nitrogens with one attached hydrogen (secondary N) is 2. The quantitative estimate of drug-likeness (QED) is 0.635. The van der Waals surface area contributed by atoms with Crippen LogP contribution in [0.5, 0.6) is 0 Å². The lowest BCUT2D eigenvalue weighted by atomic mass is 10.2. The SMILES string of the molecule is O=C(Nc1ccc2[nH]ccc2c1)c1ccc(Br)cc1Br. The summed E-state index contributed by atoms with van der Waals surface area (Å²) in [6.45, 7) is 0. The van der Waals surface area contributed by atoms with E-state index in [1.165, 1.54) is 0 Å². The third-order valence-corrected chi connectivity index (χ3v) is 4.14. The van der Waals surface area contributed by atoms with Crippen LogP contribution in [0.1, 0.15) is 10.4 Å². The van der Waals surface area contributed by atoms with Crippen LogP contribution in [0.15, 0.2) is 57.6 Å². The maximum absolute atomic E-state index is 12.3. The van der Waals surface area contributed by atoms with Crippen molar-refractivity contribution in [1.82, 2.24) is 4.98 Å². The van der Waals surface area contributed by atoms with Gasteiger partial charge in [0.05, 0.1) is 5.56 Å². The van der Waals surface area contributed by atoms with Gasteiger partial charge in [-0.3, -0.25) is 4.79 Å². The van der Waals surface area contributed by atoms with Crippen molar-refractivity contribution in [1.29, 1.82) is 0 Å². The Bertz CT molecular complexity index is 795. The standard InChI is InChI=1S/C15H10Br2N2O/c16-10-1-3-12(13(17)8-10)15(20)19-11-2-4-14-9(7-11)5-6-18-14/h1-8,18H,(H,19,20). The predicted octanol–water partition coefficient (Wildman–Crippen LogP) is 4.95. The number of carbonyl (C=O) groups excluding carboxylic acids is 1. The Kier molecular flexibility index (Phi) is 3.63. The van der Waals surface area contributed by atoms with Crippen molar-refractivity contribution in [3.05, 3.63) is 63.2 Å². The smallest absolute Gasteiger partial charge is 0.256 e. The van der Waals surface area contributed by atoms with Gasteiger partial charge >= 0.3 is 0 Å².